The average molecular weight is 353 g/mol. The lowest BCUT2D eigenvalue weighted by Gasteiger charge is -2.20. The fourth-order valence-electron chi connectivity index (χ4n) is 2.57. The van der Waals surface area contributed by atoms with Gasteiger partial charge >= 0.3 is 8.03 Å². The fraction of sp³-hybridized carbons (Fsp3) is 1.00. The molecule has 0 radical (unpaired) electrons. The smallest absolute Gasteiger partial charge is 0.315 e. The standard InChI is InChI=1S/C12H26N4O4P2/c17-21(18)11-22(19)12(20-22)16-9-2-5-14-7-6-13-3-1-4-15-8-10-16/h12-15H,1-11H2/p+1. The molecule has 0 aromatic carbocycles. The summed E-state index contributed by atoms with van der Waals surface area (Å²) in [5.41, 5.74) is 0. The Labute approximate surface area is 132 Å². The molecule has 0 aromatic heterocycles. The van der Waals surface area contributed by atoms with Crippen molar-refractivity contribution in [1.29, 1.82) is 0 Å². The topological polar surface area (TPSA) is 106 Å². The first-order valence-corrected chi connectivity index (χ1v) is 11.2. The van der Waals surface area contributed by atoms with E-state index in [1.165, 1.54) is 0 Å². The van der Waals surface area contributed by atoms with Gasteiger partial charge in [-0.1, -0.05) is 0 Å². The molecule has 2 rings (SSSR count). The molecule has 22 heavy (non-hydrogen) atoms. The Balaban J connectivity index is 1.81. The maximum absolute atomic E-state index is 12.3. The monoisotopic (exact) mass is 353 g/mol. The summed E-state index contributed by atoms with van der Waals surface area (Å²) in [7, 11) is -5.32. The molecule has 0 spiro atoms. The van der Waals surface area contributed by atoms with Gasteiger partial charge in [0.15, 0.2) is 5.97 Å². The van der Waals surface area contributed by atoms with Gasteiger partial charge in [-0.2, -0.15) is 4.89 Å². The molecule has 0 aromatic rings. The summed E-state index contributed by atoms with van der Waals surface area (Å²) in [5.74, 6) is -0.684. The van der Waals surface area contributed by atoms with Gasteiger partial charge in [-0.25, -0.2) is 0 Å². The summed E-state index contributed by atoms with van der Waals surface area (Å²) in [6.07, 6.45) is 2.01. The summed E-state index contributed by atoms with van der Waals surface area (Å²) in [4.78, 5) is 11.0. The summed E-state index contributed by atoms with van der Waals surface area (Å²) in [6, 6.07) is 0. The molecule has 128 valence electrons. The predicted octanol–water partition coefficient (Wildman–Crippen LogP) is 0.135. The molecular formula is C12H27N4O4P2+. The van der Waals surface area contributed by atoms with E-state index in [0.29, 0.717) is 0 Å². The number of rotatable bonds is 3. The largest absolute Gasteiger partial charge is 0.516 e. The third-order valence-electron chi connectivity index (χ3n) is 3.75. The van der Waals surface area contributed by atoms with Crippen LogP contribution in [0, 0.1) is 0 Å². The van der Waals surface area contributed by atoms with Crippen LogP contribution in [-0.4, -0.2) is 74.0 Å². The van der Waals surface area contributed by atoms with Crippen LogP contribution in [0.4, 0.5) is 0 Å². The van der Waals surface area contributed by atoms with Gasteiger partial charge in [-0.05, 0) is 37.0 Å². The second-order valence-electron chi connectivity index (χ2n) is 5.64. The van der Waals surface area contributed by atoms with Gasteiger partial charge in [0.25, 0.3) is 13.3 Å². The van der Waals surface area contributed by atoms with Crippen molar-refractivity contribution in [2.24, 2.45) is 0 Å². The van der Waals surface area contributed by atoms with Gasteiger partial charge in [-0.15, -0.1) is 0 Å². The van der Waals surface area contributed by atoms with Crippen LogP contribution in [0.25, 0.3) is 0 Å². The van der Waals surface area contributed by atoms with E-state index < -0.39 is 21.4 Å². The molecule has 4 N–H and O–H groups in total. The molecule has 10 heteroatoms. The average Bonchev–Trinajstić information content (AvgIpc) is 3.11. The normalized spacial score (nSPS) is 33.9. The maximum atomic E-state index is 12.3. The molecule has 2 fully saturated rings. The second kappa shape index (κ2) is 9.40. The van der Waals surface area contributed by atoms with Crippen LogP contribution < -0.4 is 16.0 Å². The van der Waals surface area contributed by atoms with E-state index in [9.17, 15) is 9.13 Å². The molecule has 0 aliphatic carbocycles. The molecule has 3 unspecified atom stereocenters. The number of nitrogens with one attached hydrogen (secondary N) is 3. The van der Waals surface area contributed by atoms with Crippen LogP contribution in [0.3, 0.4) is 0 Å². The summed E-state index contributed by atoms with van der Waals surface area (Å²) >= 11 is 0. The molecule has 2 saturated heterocycles. The minimum Gasteiger partial charge on any atom is -0.315 e. The zero-order valence-corrected chi connectivity index (χ0v) is 14.7. The van der Waals surface area contributed by atoms with Crippen LogP contribution in [0.1, 0.15) is 12.8 Å². The van der Waals surface area contributed by atoms with Crippen molar-refractivity contribution in [2.45, 2.75) is 18.8 Å². The fourth-order valence-corrected chi connectivity index (χ4v) is 6.19. The molecule has 0 saturated carbocycles. The highest BCUT2D eigenvalue weighted by molar-refractivity contribution is 7.73. The van der Waals surface area contributed by atoms with Crippen molar-refractivity contribution in [3.05, 3.63) is 0 Å². The Morgan fingerprint density at radius 3 is 2.36 bits per heavy atom. The Bertz CT molecular complexity index is 399. The maximum Gasteiger partial charge on any atom is 0.516 e. The van der Waals surface area contributed by atoms with E-state index in [0.717, 1.165) is 65.2 Å². The number of hydrogen-bond acceptors (Lipinski definition) is 7. The lowest BCUT2D eigenvalue weighted by Crippen LogP contribution is -2.38. The molecule has 8 nitrogen and oxygen atoms in total. The highest BCUT2D eigenvalue weighted by atomic mass is 31.2. The van der Waals surface area contributed by atoms with Crippen LogP contribution in [0.5, 0.6) is 0 Å². The Morgan fingerprint density at radius 1 is 1.05 bits per heavy atom. The van der Waals surface area contributed by atoms with Gasteiger partial charge in [0, 0.05) is 32.7 Å². The van der Waals surface area contributed by atoms with Gasteiger partial charge in [0.1, 0.15) is 0 Å². The van der Waals surface area contributed by atoms with Gasteiger partial charge in [0.05, 0.1) is 0 Å². The highest BCUT2D eigenvalue weighted by Crippen LogP contribution is 2.73. The quantitative estimate of drug-likeness (QED) is 0.419. The first-order chi connectivity index (χ1) is 10.6. The minimum atomic E-state index is -2.91. The molecule has 0 amide bonds. The van der Waals surface area contributed by atoms with Crippen molar-refractivity contribution in [1.82, 2.24) is 20.9 Å². The number of hydrogen-bond donors (Lipinski definition) is 4. The molecule has 0 bridgehead atoms. The molecule has 2 aliphatic heterocycles. The predicted molar refractivity (Wildman–Crippen MR) is 86.6 cm³/mol. The first kappa shape index (κ1) is 18.4. The van der Waals surface area contributed by atoms with Crippen LogP contribution >= 0.6 is 15.4 Å². The lowest BCUT2D eigenvalue weighted by atomic mass is 10.3. The first-order valence-electron chi connectivity index (χ1n) is 7.89. The summed E-state index contributed by atoms with van der Waals surface area (Å²) < 4.78 is 28.5. The van der Waals surface area contributed by atoms with E-state index in [4.69, 9.17) is 9.42 Å². The third kappa shape index (κ3) is 6.30. The van der Waals surface area contributed by atoms with E-state index in [-0.39, 0.29) is 5.90 Å². The zero-order chi connectivity index (χ0) is 15.8. The SMILES string of the molecule is O=[P+](O)CP1(=O)OC1N1CCCNCCNCCCNCC1. The Morgan fingerprint density at radius 2 is 1.68 bits per heavy atom. The van der Waals surface area contributed by atoms with Crippen LogP contribution in [-0.2, 0) is 13.7 Å². The van der Waals surface area contributed by atoms with Crippen molar-refractivity contribution < 1.29 is 18.5 Å². The van der Waals surface area contributed by atoms with Crippen LogP contribution in [0.15, 0.2) is 0 Å². The Hall–Kier alpha value is 0.0900. The molecule has 3 atom stereocenters. The zero-order valence-electron chi connectivity index (χ0n) is 12.9. The van der Waals surface area contributed by atoms with Crippen molar-refractivity contribution in [2.75, 3.05) is 58.3 Å². The summed E-state index contributed by atoms with van der Waals surface area (Å²) in [5, 5.41) is 10.1. The van der Waals surface area contributed by atoms with Crippen molar-refractivity contribution >= 4 is 15.4 Å². The minimum absolute atomic E-state index is 0.221. The second-order valence-corrected chi connectivity index (χ2v) is 9.59. The highest BCUT2D eigenvalue weighted by Gasteiger charge is 2.60. The van der Waals surface area contributed by atoms with E-state index in [1.807, 2.05) is 4.90 Å². The van der Waals surface area contributed by atoms with Gasteiger partial charge in [-0.3, -0.25) is 14.0 Å². The van der Waals surface area contributed by atoms with Crippen LogP contribution in [0.2, 0.25) is 0 Å². The molecule has 2 aliphatic rings. The molecule has 2 heterocycles. The molecular weight excluding hydrogens is 326 g/mol. The van der Waals surface area contributed by atoms with E-state index in [1.54, 1.807) is 0 Å². The van der Waals surface area contributed by atoms with Gasteiger partial charge in [0.2, 0.25) is 0 Å². The number of nitrogens with zero attached hydrogens (tertiary/aromatic N) is 1. The van der Waals surface area contributed by atoms with Gasteiger partial charge < -0.3 is 16.0 Å². The lowest BCUT2D eigenvalue weighted by molar-refractivity contribution is 0.174. The van der Waals surface area contributed by atoms with E-state index >= 15 is 0 Å². The van der Waals surface area contributed by atoms with Crippen molar-refractivity contribution in [3.8, 4) is 0 Å². The van der Waals surface area contributed by atoms with Crippen molar-refractivity contribution in [3.63, 3.8) is 0 Å². The Kier molecular flexibility index (Phi) is 7.88. The van der Waals surface area contributed by atoms with E-state index in [2.05, 4.69) is 16.0 Å². The third-order valence-corrected chi connectivity index (χ3v) is 7.75. The summed E-state index contributed by atoms with van der Waals surface area (Å²) in [6.45, 7) is 7.08.